The third kappa shape index (κ3) is 3.93. The van der Waals surface area contributed by atoms with Crippen LogP contribution in [0.5, 0.6) is 0 Å². The van der Waals surface area contributed by atoms with Gasteiger partial charge in [0.05, 0.1) is 0 Å². The molecule has 0 fully saturated rings. The SMILES string of the molecule is CCN(Cc1cccc(N)c1)c1ccc(S(N)(=O)=O)cn1. The third-order valence-corrected chi connectivity index (χ3v) is 3.98. The zero-order valence-electron chi connectivity index (χ0n) is 11.7. The Morgan fingerprint density at radius 3 is 2.52 bits per heavy atom. The van der Waals surface area contributed by atoms with Crippen LogP contribution in [0.25, 0.3) is 0 Å². The Hall–Kier alpha value is -2.12. The van der Waals surface area contributed by atoms with E-state index in [4.69, 9.17) is 10.9 Å². The lowest BCUT2D eigenvalue weighted by Gasteiger charge is -2.22. The van der Waals surface area contributed by atoms with Gasteiger partial charge in [0.15, 0.2) is 0 Å². The van der Waals surface area contributed by atoms with Crippen LogP contribution in [0, 0.1) is 0 Å². The first kappa shape index (κ1) is 15.3. The van der Waals surface area contributed by atoms with Crippen molar-refractivity contribution in [3.63, 3.8) is 0 Å². The summed E-state index contributed by atoms with van der Waals surface area (Å²) in [7, 11) is -3.71. The summed E-state index contributed by atoms with van der Waals surface area (Å²) in [6.45, 7) is 3.38. The van der Waals surface area contributed by atoms with Gasteiger partial charge in [0.25, 0.3) is 0 Å². The Labute approximate surface area is 124 Å². The number of nitrogen functional groups attached to an aromatic ring is 1. The van der Waals surface area contributed by atoms with Crippen LogP contribution in [0.2, 0.25) is 0 Å². The molecule has 0 radical (unpaired) electrons. The zero-order valence-corrected chi connectivity index (χ0v) is 12.5. The smallest absolute Gasteiger partial charge is 0.239 e. The van der Waals surface area contributed by atoms with Crippen molar-refractivity contribution in [2.75, 3.05) is 17.2 Å². The van der Waals surface area contributed by atoms with Crippen molar-refractivity contribution in [1.29, 1.82) is 0 Å². The summed E-state index contributed by atoms with van der Waals surface area (Å²) in [5.41, 5.74) is 7.54. The number of hydrogen-bond acceptors (Lipinski definition) is 5. The number of nitrogens with two attached hydrogens (primary N) is 2. The van der Waals surface area contributed by atoms with Gasteiger partial charge in [0, 0.05) is 25.0 Å². The molecule has 0 aliphatic rings. The number of pyridine rings is 1. The van der Waals surface area contributed by atoms with Gasteiger partial charge in [-0.2, -0.15) is 0 Å². The number of sulfonamides is 1. The second-order valence-electron chi connectivity index (χ2n) is 4.66. The van der Waals surface area contributed by atoms with Crippen LogP contribution in [-0.4, -0.2) is 19.9 Å². The predicted octanol–water partition coefficient (Wildman–Crippen LogP) is 1.34. The molecule has 1 aromatic carbocycles. The van der Waals surface area contributed by atoms with E-state index in [1.807, 2.05) is 36.1 Å². The van der Waals surface area contributed by atoms with E-state index in [2.05, 4.69) is 4.98 Å². The van der Waals surface area contributed by atoms with E-state index < -0.39 is 10.0 Å². The molecule has 0 spiro atoms. The van der Waals surface area contributed by atoms with E-state index in [1.165, 1.54) is 12.3 Å². The summed E-state index contributed by atoms with van der Waals surface area (Å²) in [6.07, 6.45) is 1.27. The lowest BCUT2D eigenvalue weighted by Crippen LogP contribution is -2.23. The van der Waals surface area contributed by atoms with Crippen LogP contribution in [0.1, 0.15) is 12.5 Å². The maximum absolute atomic E-state index is 11.2. The highest BCUT2D eigenvalue weighted by Crippen LogP contribution is 2.17. The molecule has 2 aromatic rings. The van der Waals surface area contributed by atoms with Gasteiger partial charge in [-0.25, -0.2) is 18.5 Å². The molecule has 6 nitrogen and oxygen atoms in total. The second kappa shape index (κ2) is 6.11. The van der Waals surface area contributed by atoms with E-state index in [-0.39, 0.29) is 4.90 Å². The van der Waals surface area contributed by atoms with Crippen molar-refractivity contribution < 1.29 is 8.42 Å². The largest absolute Gasteiger partial charge is 0.399 e. The molecular formula is C14H18N4O2S. The quantitative estimate of drug-likeness (QED) is 0.811. The summed E-state index contributed by atoms with van der Waals surface area (Å²) in [6, 6.07) is 10.7. The van der Waals surface area contributed by atoms with Gasteiger partial charge in [-0.15, -0.1) is 0 Å². The molecule has 4 N–H and O–H groups in total. The number of hydrogen-bond donors (Lipinski definition) is 2. The van der Waals surface area contributed by atoms with E-state index in [9.17, 15) is 8.42 Å². The van der Waals surface area contributed by atoms with Gasteiger partial charge in [-0.1, -0.05) is 12.1 Å². The second-order valence-corrected chi connectivity index (χ2v) is 6.22. The minimum Gasteiger partial charge on any atom is -0.399 e. The molecule has 0 aliphatic carbocycles. The standard InChI is InChI=1S/C14H18N4O2S/c1-2-18(10-11-4-3-5-12(15)8-11)14-7-6-13(9-17-14)21(16,19)20/h3-9H,2,10,15H2,1H3,(H2,16,19,20). The van der Waals surface area contributed by atoms with Gasteiger partial charge in [-0.05, 0) is 36.8 Å². The molecule has 0 unspecified atom stereocenters. The number of benzene rings is 1. The highest BCUT2D eigenvalue weighted by molar-refractivity contribution is 7.89. The highest BCUT2D eigenvalue weighted by Gasteiger charge is 2.11. The van der Waals surface area contributed by atoms with Crippen LogP contribution in [0.4, 0.5) is 11.5 Å². The van der Waals surface area contributed by atoms with Crippen LogP contribution in [0.15, 0.2) is 47.5 Å². The fourth-order valence-corrected chi connectivity index (χ4v) is 2.45. The maximum atomic E-state index is 11.2. The Morgan fingerprint density at radius 1 is 1.24 bits per heavy atom. The molecular weight excluding hydrogens is 288 g/mol. The van der Waals surface area contributed by atoms with Crippen LogP contribution in [0.3, 0.4) is 0 Å². The van der Waals surface area contributed by atoms with Crippen molar-refractivity contribution in [2.45, 2.75) is 18.4 Å². The first-order valence-electron chi connectivity index (χ1n) is 6.48. The van der Waals surface area contributed by atoms with E-state index >= 15 is 0 Å². The molecule has 1 heterocycles. The van der Waals surface area contributed by atoms with Crippen LogP contribution >= 0.6 is 0 Å². The minimum absolute atomic E-state index is 0.00580. The lowest BCUT2D eigenvalue weighted by atomic mass is 10.2. The first-order valence-corrected chi connectivity index (χ1v) is 8.03. The van der Waals surface area contributed by atoms with Gasteiger partial charge in [-0.3, -0.25) is 0 Å². The fourth-order valence-electron chi connectivity index (χ4n) is 1.99. The topological polar surface area (TPSA) is 102 Å². The molecule has 0 bridgehead atoms. The number of aromatic nitrogens is 1. The maximum Gasteiger partial charge on any atom is 0.239 e. The average Bonchev–Trinajstić information content (AvgIpc) is 2.44. The number of nitrogens with zero attached hydrogens (tertiary/aromatic N) is 2. The van der Waals surface area contributed by atoms with Crippen molar-refractivity contribution in [2.24, 2.45) is 5.14 Å². The summed E-state index contributed by atoms with van der Waals surface area (Å²) < 4.78 is 22.4. The average molecular weight is 306 g/mol. The molecule has 112 valence electrons. The lowest BCUT2D eigenvalue weighted by molar-refractivity contribution is 0.597. The molecule has 0 saturated heterocycles. The van der Waals surface area contributed by atoms with Crippen molar-refractivity contribution >= 4 is 21.5 Å². The Morgan fingerprint density at radius 2 is 2.00 bits per heavy atom. The number of anilines is 2. The van der Waals surface area contributed by atoms with Crippen molar-refractivity contribution in [1.82, 2.24) is 4.98 Å². The summed E-state index contributed by atoms with van der Waals surface area (Å²) in [5, 5.41) is 5.06. The Bertz CT molecular complexity index is 714. The van der Waals surface area contributed by atoms with Crippen LogP contribution < -0.4 is 15.8 Å². The van der Waals surface area contributed by atoms with E-state index in [1.54, 1.807) is 6.07 Å². The molecule has 1 aromatic heterocycles. The molecule has 21 heavy (non-hydrogen) atoms. The van der Waals surface area contributed by atoms with E-state index in [0.29, 0.717) is 18.1 Å². The first-order chi connectivity index (χ1) is 9.90. The minimum atomic E-state index is -3.71. The monoisotopic (exact) mass is 306 g/mol. The van der Waals surface area contributed by atoms with Gasteiger partial charge in [0.2, 0.25) is 10.0 Å². The number of primary sulfonamides is 1. The van der Waals surface area contributed by atoms with Gasteiger partial charge < -0.3 is 10.6 Å². The molecule has 0 atom stereocenters. The predicted molar refractivity (Wildman–Crippen MR) is 83.2 cm³/mol. The highest BCUT2D eigenvalue weighted by atomic mass is 32.2. The zero-order chi connectivity index (χ0) is 15.5. The Kier molecular flexibility index (Phi) is 4.44. The molecule has 0 amide bonds. The summed E-state index contributed by atoms with van der Waals surface area (Å²) in [5.74, 6) is 0.687. The fraction of sp³-hybridized carbons (Fsp3) is 0.214. The van der Waals surface area contributed by atoms with Crippen LogP contribution in [-0.2, 0) is 16.6 Å². The third-order valence-electron chi connectivity index (χ3n) is 3.08. The molecule has 0 aliphatic heterocycles. The molecule has 2 rings (SSSR count). The normalized spacial score (nSPS) is 11.3. The van der Waals surface area contributed by atoms with Crippen molar-refractivity contribution in [3.8, 4) is 0 Å². The Balaban J connectivity index is 2.21. The molecule has 7 heteroatoms. The summed E-state index contributed by atoms with van der Waals surface area (Å²) >= 11 is 0. The van der Waals surface area contributed by atoms with Gasteiger partial charge >= 0.3 is 0 Å². The van der Waals surface area contributed by atoms with E-state index in [0.717, 1.165) is 12.1 Å². The molecule has 0 saturated carbocycles. The summed E-state index contributed by atoms with van der Waals surface area (Å²) in [4.78, 5) is 6.19. The number of rotatable bonds is 5. The van der Waals surface area contributed by atoms with Gasteiger partial charge in [0.1, 0.15) is 10.7 Å². The van der Waals surface area contributed by atoms with Crippen molar-refractivity contribution in [3.05, 3.63) is 48.2 Å².